The first-order valence-corrected chi connectivity index (χ1v) is 7.80. The summed E-state index contributed by atoms with van der Waals surface area (Å²) in [5, 5.41) is 12.8. The highest BCUT2D eigenvalue weighted by atomic mass is 32.2. The highest BCUT2D eigenvalue weighted by molar-refractivity contribution is 7.99. The Morgan fingerprint density at radius 3 is 3.11 bits per heavy atom. The summed E-state index contributed by atoms with van der Waals surface area (Å²) < 4.78 is 0. The van der Waals surface area contributed by atoms with Gasteiger partial charge in [-0.1, -0.05) is 6.07 Å². The summed E-state index contributed by atoms with van der Waals surface area (Å²) >= 11 is 1.83. The van der Waals surface area contributed by atoms with Crippen LogP contribution in [-0.4, -0.2) is 46.6 Å². The van der Waals surface area contributed by atoms with Crippen molar-refractivity contribution in [3.63, 3.8) is 0 Å². The third kappa shape index (κ3) is 2.72. The lowest BCUT2D eigenvalue weighted by Gasteiger charge is -2.33. The molecule has 2 aliphatic heterocycles. The highest BCUT2D eigenvalue weighted by Gasteiger charge is 2.28. The maximum absolute atomic E-state index is 12.4. The molecule has 1 saturated heterocycles. The first-order valence-electron chi connectivity index (χ1n) is 6.65. The smallest absolute Gasteiger partial charge is 0.240 e. The van der Waals surface area contributed by atoms with E-state index in [9.17, 15) is 9.90 Å². The van der Waals surface area contributed by atoms with Gasteiger partial charge in [0, 0.05) is 31.1 Å². The molecule has 0 aromatic heterocycles. The van der Waals surface area contributed by atoms with E-state index < -0.39 is 0 Å². The van der Waals surface area contributed by atoms with Gasteiger partial charge in [-0.2, -0.15) is 11.8 Å². The zero-order valence-electron chi connectivity index (χ0n) is 10.8. The number of aromatic hydroxyl groups is 1. The lowest BCUT2D eigenvalue weighted by atomic mass is 9.99. The first kappa shape index (κ1) is 12.8. The van der Waals surface area contributed by atoms with Crippen LogP contribution in [-0.2, 0) is 17.8 Å². The van der Waals surface area contributed by atoms with Crippen molar-refractivity contribution in [3.8, 4) is 5.75 Å². The van der Waals surface area contributed by atoms with Crippen LogP contribution in [0.25, 0.3) is 0 Å². The normalized spacial score (nSPS) is 22.9. The molecule has 1 unspecified atom stereocenters. The molecule has 102 valence electrons. The Hall–Kier alpha value is -1.20. The monoisotopic (exact) mass is 278 g/mol. The molecule has 2 aliphatic rings. The number of hydrogen-bond donors (Lipinski definition) is 2. The van der Waals surface area contributed by atoms with Gasteiger partial charge in [-0.15, -0.1) is 0 Å². The number of carbonyl (C=O) groups is 1. The summed E-state index contributed by atoms with van der Waals surface area (Å²) in [6.07, 6.45) is 0.876. The largest absolute Gasteiger partial charge is 0.508 e. The molecule has 1 aromatic carbocycles. The molecule has 0 spiro atoms. The van der Waals surface area contributed by atoms with Gasteiger partial charge in [-0.25, -0.2) is 0 Å². The minimum Gasteiger partial charge on any atom is -0.508 e. The Kier molecular flexibility index (Phi) is 3.66. The number of fused-ring (bicyclic) bond motifs is 1. The molecule has 0 bridgehead atoms. The van der Waals surface area contributed by atoms with E-state index in [4.69, 9.17) is 0 Å². The lowest BCUT2D eigenvalue weighted by molar-refractivity contribution is -0.133. The molecule has 5 heteroatoms. The fourth-order valence-electron chi connectivity index (χ4n) is 2.68. The number of nitrogens with zero attached hydrogens (tertiary/aromatic N) is 1. The van der Waals surface area contributed by atoms with Crippen LogP contribution in [0.5, 0.6) is 5.75 Å². The van der Waals surface area contributed by atoms with Crippen LogP contribution in [0.2, 0.25) is 0 Å². The van der Waals surface area contributed by atoms with E-state index in [2.05, 4.69) is 5.32 Å². The van der Waals surface area contributed by atoms with E-state index in [-0.39, 0.29) is 17.7 Å². The summed E-state index contributed by atoms with van der Waals surface area (Å²) in [4.78, 5) is 14.3. The summed E-state index contributed by atoms with van der Waals surface area (Å²) in [6, 6.07) is 5.41. The molecular formula is C14H18N2O2S. The van der Waals surface area contributed by atoms with Gasteiger partial charge in [0.05, 0.1) is 6.04 Å². The molecule has 0 aliphatic carbocycles. The van der Waals surface area contributed by atoms with Crippen LogP contribution < -0.4 is 5.32 Å². The van der Waals surface area contributed by atoms with E-state index in [1.54, 1.807) is 12.1 Å². The van der Waals surface area contributed by atoms with Gasteiger partial charge >= 0.3 is 0 Å². The summed E-state index contributed by atoms with van der Waals surface area (Å²) in [6.45, 7) is 2.30. The maximum atomic E-state index is 12.4. The number of phenols is 1. The van der Waals surface area contributed by atoms with Gasteiger partial charge in [-0.3, -0.25) is 4.79 Å². The molecule has 2 heterocycles. The number of amides is 1. The summed E-state index contributed by atoms with van der Waals surface area (Å²) in [5.74, 6) is 2.42. The fourth-order valence-corrected chi connectivity index (χ4v) is 3.60. The second-order valence-corrected chi connectivity index (χ2v) is 6.19. The van der Waals surface area contributed by atoms with E-state index in [0.29, 0.717) is 6.54 Å². The quantitative estimate of drug-likeness (QED) is 0.804. The number of hydrogen-bond acceptors (Lipinski definition) is 4. The number of nitrogens with one attached hydrogen (secondary N) is 1. The molecule has 1 atom stereocenters. The molecule has 0 radical (unpaired) electrons. The molecule has 0 saturated carbocycles. The van der Waals surface area contributed by atoms with Crippen LogP contribution in [0, 0.1) is 0 Å². The minimum absolute atomic E-state index is 0.0439. The molecule has 1 amide bonds. The molecule has 19 heavy (non-hydrogen) atoms. The Balaban J connectivity index is 1.72. The van der Waals surface area contributed by atoms with E-state index >= 15 is 0 Å². The van der Waals surface area contributed by atoms with Gasteiger partial charge in [0.25, 0.3) is 0 Å². The van der Waals surface area contributed by atoms with Gasteiger partial charge in [0.15, 0.2) is 0 Å². The third-order valence-corrected chi connectivity index (χ3v) is 4.80. The molecular weight excluding hydrogens is 260 g/mol. The summed E-state index contributed by atoms with van der Waals surface area (Å²) in [7, 11) is 0. The van der Waals surface area contributed by atoms with Crippen molar-refractivity contribution in [1.29, 1.82) is 0 Å². The van der Waals surface area contributed by atoms with Crippen molar-refractivity contribution >= 4 is 17.7 Å². The highest BCUT2D eigenvalue weighted by Crippen LogP contribution is 2.24. The number of phenolic OH excluding ortho intramolecular Hbond substituents is 1. The van der Waals surface area contributed by atoms with Gasteiger partial charge < -0.3 is 15.3 Å². The van der Waals surface area contributed by atoms with Crippen molar-refractivity contribution in [2.24, 2.45) is 0 Å². The summed E-state index contributed by atoms with van der Waals surface area (Å²) in [5.41, 5.74) is 2.32. The van der Waals surface area contributed by atoms with Crippen LogP contribution in [0.15, 0.2) is 18.2 Å². The number of thioether (sulfide) groups is 1. The van der Waals surface area contributed by atoms with Gasteiger partial charge in [0.2, 0.25) is 5.91 Å². The number of benzene rings is 1. The topological polar surface area (TPSA) is 52.6 Å². The van der Waals surface area contributed by atoms with E-state index in [0.717, 1.165) is 36.6 Å². The Morgan fingerprint density at radius 1 is 1.42 bits per heavy atom. The molecule has 3 rings (SSSR count). The van der Waals surface area contributed by atoms with Crippen molar-refractivity contribution in [1.82, 2.24) is 10.2 Å². The molecule has 1 aromatic rings. The van der Waals surface area contributed by atoms with E-state index in [1.165, 1.54) is 5.56 Å². The minimum atomic E-state index is -0.0439. The second kappa shape index (κ2) is 5.43. The Bertz CT molecular complexity index is 486. The Morgan fingerprint density at radius 2 is 2.32 bits per heavy atom. The van der Waals surface area contributed by atoms with Crippen molar-refractivity contribution < 1.29 is 9.90 Å². The first-order chi connectivity index (χ1) is 9.24. The van der Waals surface area contributed by atoms with Crippen molar-refractivity contribution in [2.45, 2.75) is 19.0 Å². The maximum Gasteiger partial charge on any atom is 0.240 e. The SMILES string of the molecule is O=C(C1CSCCN1)N1CCc2ccc(O)cc2C1. The Labute approximate surface area is 117 Å². The lowest BCUT2D eigenvalue weighted by Crippen LogP contribution is -2.51. The van der Waals surface area contributed by atoms with E-state index in [1.807, 2.05) is 22.7 Å². The average Bonchev–Trinajstić information content (AvgIpc) is 2.46. The average molecular weight is 278 g/mol. The number of carbonyl (C=O) groups excluding carboxylic acids is 1. The van der Waals surface area contributed by atoms with Crippen molar-refractivity contribution in [2.75, 3.05) is 24.6 Å². The zero-order valence-corrected chi connectivity index (χ0v) is 11.6. The third-order valence-electron chi connectivity index (χ3n) is 3.73. The van der Waals surface area contributed by atoms with Crippen molar-refractivity contribution in [3.05, 3.63) is 29.3 Å². The van der Waals surface area contributed by atoms with Crippen LogP contribution in [0.3, 0.4) is 0 Å². The van der Waals surface area contributed by atoms with Gasteiger partial charge in [-0.05, 0) is 29.7 Å². The van der Waals surface area contributed by atoms with Crippen LogP contribution in [0.4, 0.5) is 0 Å². The second-order valence-electron chi connectivity index (χ2n) is 5.04. The standard InChI is InChI=1S/C14H18N2O2S/c17-12-2-1-10-3-5-16(8-11(10)7-12)14(18)13-9-19-6-4-15-13/h1-2,7,13,15,17H,3-6,8-9H2. The van der Waals surface area contributed by atoms with Crippen LogP contribution in [0.1, 0.15) is 11.1 Å². The predicted octanol–water partition coefficient (Wildman–Crippen LogP) is 0.982. The molecule has 4 nitrogen and oxygen atoms in total. The predicted molar refractivity (Wildman–Crippen MR) is 76.3 cm³/mol. The number of rotatable bonds is 1. The molecule has 1 fully saturated rings. The van der Waals surface area contributed by atoms with Crippen LogP contribution >= 0.6 is 11.8 Å². The zero-order chi connectivity index (χ0) is 13.2. The fraction of sp³-hybridized carbons (Fsp3) is 0.500. The van der Waals surface area contributed by atoms with Gasteiger partial charge in [0.1, 0.15) is 5.75 Å². The molecule has 2 N–H and O–H groups in total.